The van der Waals surface area contributed by atoms with E-state index in [0.717, 1.165) is 19.3 Å². The molecule has 1 aliphatic carbocycles. The third-order valence-electron chi connectivity index (χ3n) is 2.83. The van der Waals surface area contributed by atoms with Gasteiger partial charge in [0.2, 0.25) is 0 Å². The molecule has 0 atom stereocenters. The van der Waals surface area contributed by atoms with Crippen LogP contribution in [-0.4, -0.2) is 17.3 Å². The molecular weight excluding hydrogens is 195 g/mol. The third kappa shape index (κ3) is 2.39. The summed E-state index contributed by atoms with van der Waals surface area (Å²) >= 11 is 0. The molecule has 82 valence electrons. The Bertz CT molecular complexity index is 343. The van der Waals surface area contributed by atoms with E-state index < -0.39 is 5.60 Å². The minimum Gasteiger partial charge on any atom is -0.399 e. The molecule has 1 aliphatic rings. The van der Waals surface area contributed by atoms with Gasteiger partial charge in [-0.1, -0.05) is 0 Å². The minimum atomic E-state index is -0.610. The number of nitrogens with two attached hydrogens (primary N) is 1. The summed E-state index contributed by atoms with van der Waals surface area (Å²) in [5.41, 5.74) is 5.90. The Hall–Kier alpha value is -1.29. The van der Waals surface area contributed by atoms with Gasteiger partial charge in [0.1, 0.15) is 5.82 Å². The Morgan fingerprint density at radius 1 is 1.40 bits per heavy atom. The fourth-order valence-electron chi connectivity index (χ4n) is 1.74. The van der Waals surface area contributed by atoms with E-state index in [1.54, 1.807) is 6.07 Å². The summed E-state index contributed by atoms with van der Waals surface area (Å²) < 4.78 is 13.0. The topological polar surface area (TPSA) is 58.3 Å². The monoisotopic (exact) mass is 210 g/mol. The van der Waals surface area contributed by atoms with Gasteiger partial charge in [0.15, 0.2) is 0 Å². The number of aliphatic hydroxyl groups is 1. The fourth-order valence-corrected chi connectivity index (χ4v) is 1.74. The number of nitrogen functional groups attached to an aromatic ring is 1. The van der Waals surface area contributed by atoms with E-state index in [4.69, 9.17) is 5.73 Å². The highest BCUT2D eigenvalue weighted by Gasteiger charge is 2.33. The van der Waals surface area contributed by atoms with Crippen molar-refractivity contribution in [3.63, 3.8) is 0 Å². The van der Waals surface area contributed by atoms with Gasteiger partial charge in [-0.2, -0.15) is 0 Å². The molecule has 0 bridgehead atoms. The molecular formula is C11H15FN2O. The van der Waals surface area contributed by atoms with Crippen LogP contribution in [0.2, 0.25) is 0 Å². The van der Waals surface area contributed by atoms with Crippen molar-refractivity contribution >= 4 is 11.4 Å². The Morgan fingerprint density at radius 3 is 2.67 bits per heavy atom. The lowest BCUT2D eigenvalue weighted by molar-refractivity contribution is -0.0202. The van der Waals surface area contributed by atoms with Crippen LogP contribution < -0.4 is 11.1 Å². The highest BCUT2D eigenvalue weighted by Crippen LogP contribution is 2.31. The quantitative estimate of drug-likeness (QED) is 0.666. The average Bonchev–Trinajstić information content (AvgIpc) is 2.10. The molecule has 1 aromatic rings. The second-order valence-corrected chi connectivity index (χ2v) is 4.20. The van der Waals surface area contributed by atoms with Crippen molar-refractivity contribution in [2.45, 2.75) is 24.9 Å². The van der Waals surface area contributed by atoms with Crippen LogP contribution >= 0.6 is 0 Å². The van der Waals surface area contributed by atoms with Gasteiger partial charge in [-0.05, 0) is 37.5 Å². The van der Waals surface area contributed by atoms with E-state index in [0.29, 0.717) is 17.9 Å². The van der Waals surface area contributed by atoms with Crippen molar-refractivity contribution in [2.24, 2.45) is 0 Å². The summed E-state index contributed by atoms with van der Waals surface area (Å²) in [6.45, 7) is 0.454. The average molecular weight is 210 g/mol. The second-order valence-electron chi connectivity index (χ2n) is 4.20. The summed E-state index contributed by atoms with van der Waals surface area (Å²) in [5.74, 6) is -0.363. The van der Waals surface area contributed by atoms with E-state index in [2.05, 4.69) is 5.32 Å². The number of benzene rings is 1. The van der Waals surface area contributed by atoms with E-state index >= 15 is 0 Å². The zero-order chi connectivity index (χ0) is 10.9. The Morgan fingerprint density at radius 2 is 2.13 bits per heavy atom. The predicted molar refractivity (Wildman–Crippen MR) is 58.1 cm³/mol. The molecule has 0 spiro atoms. The highest BCUT2D eigenvalue weighted by molar-refractivity contribution is 5.54. The maximum atomic E-state index is 13.0. The number of anilines is 2. The lowest BCUT2D eigenvalue weighted by Crippen LogP contribution is -2.43. The summed E-state index contributed by atoms with van der Waals surface area (Å²) in [6.07, 6.45) is 2.68. The van der Waals surface area contributed by atoms with Crippen molar-refractivity contribution in [2.75, 3.05) is 17.6 Å². The molecule has 0 radical (unpaired) electrons. The molecule has 0 amide bonds. The normalized spacial score (nSPS) is 18.3. The molecule has 2 rings (SSSR count). The van der Waals surface area contributed by atoms with Crippen molar-refractivity contribution in [3.05, 3.63) is 24.0 Å². The molecule has 4 heteroatoms. The van der Waals surface area contributed by atoms with Gasteiger partial charge in [-0.15, -0.1) is 0 Å². The number of rotatable bonds is 3. The molecule has 0 unspecified atom stereocenters. The third-order valence-corrected chi connectivity index (χ3v) is 2.83. The molecule has 1 fully saturated rings. The zero-order valence-corrected chi connectivity index (χ0v) is 8.46. The van der Waals surface area contributed by atoms with Gasteiger partial charge in [0, 0.05) is 17.9 Å². The van der Waals surface area contributed by atoms with Gasteiger partial charge >= 0.3 is 0 Å². The van der Waals surface area contributed by atoms with Crippen molar-refractivity contribution < 1.29 is 9.50 Å². The van der Waals surface area contributed by atoms with Crippen LogP contribution in [0.5, 0.6) is 0 Å². The maximum Gasteiger partial charge on any atom is 0.127 e. The van der Waals surface area contributed by atoms with Crippen LogP contribution in [0.15, 0.2) is 18.2 Å². The first-order chi connectivity index (χ1) is 7.07. The molecule has 1 aromatic carbocycles. The molecule has 4 N–H and O–H groups in total. The lowest BCUT2D eigenvalue weighted by Gasteiger charge is -2.36. The lowest BCUT2D eigenvalue weighted by atomic mass is 9.80. The molecule has 15 heavy (non-hydrogen) atoms. The highest BCUT2D eigenvalue weighted by atomic mass is 19.1. The van der Waals surface area contributed by atoms with E-state index in [1.165, 1.54) is 12.1 Å². The van der Waals surface area contributed by atoms with Gasteiger partial charge < -0.3 is 16.2 Å². The van der Waals surface area contributed by atoms with Crippen LogP contribution in [0.3, 0.4) is 0 Å². The first-order valence-corrected chi connectivity index (χ1v) is 5.10. The molecule has 0 aromatic heterocycles. The number of hydrogen-bond acceptors (Lipinski definition) is 3. The Labute approximate surface area is 88.1 Å². The van der Waals surface area contributed by atoms with Crippen LogP contribution in [-0.2, 0) is 0 Å². The first-order valence-electron chi connectivity index (χ1n) is 5.10. The standard InChI is InChI=1S/C11H15FN2O/c12-8-4-9(13)6-10(5-8)14-7-11(15)2-1-3-11/h4-6,14-15H,1-3,7,13H2. The van der Waals surface area contributed by atoms with Crippen molar-refractivity contribution in [1.29, 1.82) is 0 Å². The first kappa shape index (κ1) is 10.2. The summed E-state index contributed by atoms with van der Waals surface area (Å²) in [5, 5.41) is 12.8. The summed E-state index contributed by atoms with van der Waals surface area (Å²) in [6, 6.07) is 4.30. The minimum absolute atomic E-state index is 0.363. The van der Waals surface area contributed by atoms with Crippen LogP contribution in [0.25, 0.3) is 0 Å². The Kier molecular flexibility index (Phi) is 2.52. The molecule has 3 nitrogen and oxygen atoms in total. The number of halogens is 1. The summed E-state index contributed by atoms with van der Waals surface area (Å²) in [4.78, 5) is 0. The second kappa shape index (κ2) is 3.70. The molecule has 0 heterocycles. The number of nitrogens with one attached hydrogen (secondary N) is 1. The van der Waals surface area contributed by atoms with Gasteiger partial charge in [0.25, 0.3) is 0 Å². The van der Waals surface area contributed by atoms with E-state index in [1.807, 2.05) is 0 Å². The summed E-state index contributed by atoms with van der Waals surface area (Å²) in [7, 11) is 0. The van der Waals surface area contributed by atoms with E-state index in [9.17, 15) is 9.50 Å². The fraction of sp³-hybridized carbons (Fsp3) is 0.455. The predicted octanol–water partition coefficient (Wildman–Crippen LogP) is 1.73. The van der Waals surface area contributed by atoms with Gasteiger partial charge in [0.05, 0.1) is 5.60 Å². The number of hydrogen-bond donors (Lipinski definition) is 3. The smallest absolute Gasteiger partial charge is 0.127 e. The SMILES string of the molecule is Nc1cc(F)cc(NCC2(O)CCC2)c1. The van der Waals surface area contributed by atoms with Crippen LogP contribution in [0.1, 0.15) is 19.3 Å². The molecule has 0 saturated heterocycles. The Balaban J connectivity index is 1.98. The zero-order valence-electron chi connectivity index (χ0n) is 8.46. The van der Waals surface area contributed by atoms with Crippen LogP contribution in [0, 0.1) is 5.82 Å². The molecule has 0 aliphatic heterocycles. The largest absolute Gasteiger partial charge is 0.399 e. The van der Waals surface area contributed by atoms with Crippen LogP contribution in [0.4, 0.5) is 15.8 Å². The van der Waals surface area contributed by atoms with Crippen molar-refractivity contribution in [1.82, 2.24) is 0 Å². The molecule has 1 saturated carbocycles. The van der Waals surface area contributed by atoms with Gasteiger partial charge in [-0.3, -0.25) is 0 Å². The van der Waals surface area contributed by atoms with Gasteiger partial charge in [-0.25, -0.2) is 4.39 Å². The van der Waals surface area contributed by atoms with Crippen molar-refractivity contribution in [3.8, 4) is 0 Å². The maximum absolute atomic E-state index is 13.0. The van der Waals surface area contributed by atoms with E-state index in [-0.39, 0.29) is 5.82 Å².